The first kappa shape index (κ1) is 13.1. The minimum Gasteiger partial charge on any atom is -0.507 e. The molecule has 0 aliphatic carbocycles. The number of rotatable bonds is 5. The van der Waals surface area contributed by atoms with Crippen molar-refractivity contribution < 1.29 is 5.11 Å². The molecule has 2 N–H and O–H groups in total. The average Bonchev–Trinajstić information content (AvgIpc) is 2.21. The van der Waals surface area contributed by atoms with Gasteiger partial charge in [-0.15, -0.1) is 6.58 Å². The maximum absolute atomic E-state index is 9.85. The van der Waals surface area contributed by atoms with Crippen LogP contribution in [0.2, 0.25) is 5.02 Å². The van der Waals surface area contributed by atoms with Crippen molar-refractivity contribution >= 4 is 11.6 Å². The molecule has 1 rings (SSSR count). The first-order valence-electron chi connectivity index (χ1n) is 5.37. The van der Waals surface area contributed by atoms with Gasteiger partial charge in [-0.3, -0.25) is 0 Å². The fourth-order valence-electron chi connectivity index (χ4n) is 1.56. The minimum atomic E-state index is 0.322. The number of phenols is 1. The van der Waals surface area contributed by atoms with Crippen LogP contribution in [0.4, 0.5) is 0 Å². The molecule has 0 aromatic heterocycles. The van der Waals surface area contributed by atoms with Crippen LogP contribution in [0.25, 0.3) is 0 Å². The van der Waals surface area contributed by atoms with Crippen molar-refractivity contribution in [3.63, 3.8) is 0 Å². The molecule has 0 aliphatic rings. The Morgan fingerprint density at radius 2 is 2.25 bits per heavy atom. The van der Waals surface area contributed by atoms with Crippen LogP contribution in [-0.4, -0.2) is 11.1 Å². The zero-order valence-corrected chi connectivity index (χ0v) is 10.5. The monoisotopic (exact) mass is 239 g/mol. The van der Waals surface area contributed by atoms with Gasteiger partial charge in [0.05, 0.1) is 0 Å². The molecule has 0 fully saturated rings. The second kappa shape index (κ2) is 5.92. The molecule has 0 amide bonds. The average molecular weight is 240 g/mol. The van der Waals surface area contributed by atoms with Gasteiger partial charge in [0.1, 0.15) is 5.75 Å². The molecule has 16 heavy (non-hydrogen) atoms. The molecule has 88 valence electrons. The van der Waals surface area contributed by atoms with Gasteiger partial charge >= 0.3 is 0 Å². The number of phenolic OH excluding ortho intramolecular Hbond substituents is 1. The summed E-state index contributed by atoms with van der Waals surface area (Å²) in [6, 6.07) is 3.89. The Bertz CT molecular complexity index is 376. The van der Waals surface area contributed by atoms with E-state index in [0.717, 1.165) is 17.5 Å². The van der Waals surface area contributed by atoms with E-state index in [0.29, 0.717) is 23.4 Å². The molecule has 0 radical (unpaired) electrons. The van der Waals surface area contributed by atoms with Crippen molar-refractivity contribution in [3.8, 4) is 5.75 Å². The SMILES string of the molecule is C=CCC(C)NCc1cc(Cl)cc(C)c1O. The predicted molar refractivity (Wildman–Crippen MR) is 69.0 cm³/mol. The van der Waals surface area contributed by atoms with Crippen molar-refractivity contribution in [2.45, 2.75) is 32.9 Å². The predicted octanol–water partition coefficient (Wildman–Crippen LogP) is 3.41. The zero-order chi connectivity index (χ0) is 12.1. The van der Waals surface area contributed by atoms with Crippen LogP contribution in [0.3, 0.4) is 0 Å². The molecule has 0 aliphatic heterocycles. The number of nitrogens with one attached hydrogen (secondary N) is 1. The van der Waals surface area contributed by atoms with E-state index < -0.39 is 0 Å². The first-order chi connectivity index (χ1) is 7.54. The van der Waals surface area contributed by atoms with Gasteiger partial charge in [-0.1, -0.05) is 17.7 Å². The summed E-state index contributed by atoms with van der Waals surface area (Å²) in [4.78, 5) is 0. The van der Waals surface area contributed by atoms with Crippen LogP contribution >= 0.6 is 11.6 Å². The van der Waals surface area contributed by atoms with Gasteiger partial charge in [-0.2, -0.15) is 0 Å². The summed E-state index contributed by atoms with van der Waals surface area (Å²) in [5.41, 5.74) is 1.64. The van der Waals surface area contributed by atoms with Crippen molar-refractivity contribution in [1.82, 2.24) is 5.32 Å². The van der Waals surface area contributed by atoms with Gasteiger partial charge in [-0.05, 0) is 38.0 Å². The van der Waals surface area contributed by atoms with Crippen LogP contribution in [0.5, 0.6) is 5.75 Å². The normalized spacial score (nSPS) is 12.4. The number of benzene rings is 1. The number of aryl methyl sites for hydroxylation is 1. The molecule has 1 atom stereocenters. The third kappa shape index (κ3) is 3.54. The summed E-state index contributed by atoms with van der Waals surface area (Å²) in [5, 5.41) is 13.8. The summed E-state index contributed by atoms with van der Waals surface area (Å²) in [6.45, 7) is 8.23. The molecule has 3 heteroatoms. The van der Waals surface area contributed by atoms with E-state index in [4.69, 9.17) is 11.6 Å². The largest absolute Gasteiger partial charge is 0.507 e. The molecule has 0 saturated carbocycles. The Morgan fingerprint density at radius 3 is 2.88 bits per heavy atom. The Hall–Kier alpha value is -0.990. The van der Waals surface area contributed by atoms with E-state index in [-0.39, 0.29) is 0 Å². The smallest absolute Gasteiger partial charge is 0.123 e. The summed E-state index contributed by atoms with van der Waals surface area (Å²) < 4.78 is 0. The van der Waals surface area contributed by atoms with Gasteiger partial charge in [0, 0.05) is 23.2 Å². The van der Waals surface area contributed by atoms with Gasteiger partial charge in [0.2, 0.25) is 0 Å². The quantitative estimate of drug-likeness (QED) is 0.772. The third-order valence-electron chi connectivity index (χ3n) is 2.51. The lowest BCUT2D eigenvalue weighted by atomic mass is 10.1. The number of hydrogen-bond donors (Lipinski definition) is 2. The molecular weight excluding hydrogens is 222 g/mol. The van der Waals surface area contributed by atoms with E-state index in [1.807, 2.05) is 13.0 Å². The second-order valence-electron chi connectivity index (χ2n) is 4.04. The van der Waals surface area contributed by atoms with Crippen LogP contribution < -0.4 is 5.32 Å². The fourth-order valence-corrected chi connectivity index (χ4v) is 1.85. The highest BCUT2D eigenvalue weighted by Crippen LogP contribution is 2.26. The maximum atomic E-state index is 9.85. The molecule has 0 spiro atoms. The van der Waals surface area contributed by atoms with Crippen LogP contribution in [0.15, 0.2) is 24.8 Å². The molecular formula is C13H18ClNO. The summed E-state index contributed by atoms with van der Waals surface area (Å²) >= 11 is 5.94. The van der Waals surface area contributed by atoms with Gasteiger partial charge < -0.3 is 10.4 Å². The molecule has 1 unspecified atom stereocenters. The van der Waals surface area contributed by atoms with Crippen molar-refractivity contribution in [1.29, 1.82) is 0 Å². The summed E-state index contributed by atoms with van der Waals surface area (Å²) in [6.07, 6.45) is 2.78. The Kier molecular flexibility index (Phi) is 4.84. The Morgan fingerprint density at radius 1 is 1.56 bits per heavy atom. The van der Waals surface area contributed by atoms with Crippen molar-refractivity contribution in [2.75, 3.05) is 0 Å². The molecule has 0 bridgehead atoms. The van der Waals surface area contributed by atoms with E-state index in [1.54, 1.807) is 12.1 Å². The lowest BCUT2D eigenvalue weighted by Crippen LogP contribution is -2.24. The Labute approximate surface area is 102 Å². The Balaban J connectivity index is 2.70. The lowest BCUT2D eigenvalue weighted by Gasteiger charge is -2.13. The minimum absolute atomic E-state index is 0.322. The van der Waals surface area contributed by atoms with E-state index in [2.05, 4.69) is 18.8 Å². The third-order valence-corrected chi connectivity index (χ3v) is 2.72. The summed E-state index contributed by atoms with van der Waals surface area (Å²) in [5.74, 6) is 0.322. The zero-order valence-electron chi connectivity index (χ0n) is 9.76. The lowest BCUT2D eigenvalue weighted by molar-refractivity contribution is 0.455. The maximum Gasteiger partial charge on any atom is 0.123 e. The van der Waals surface area contributed by atoms with Gasteiger partial charge in [0.15, 0.2) is 0 Å². The molecule has 2 nitrogen and oxygen atoms in total. The number of hydrogen-bond acceptors (Lipinski definition) is 2. The molecule has 0 saturated heterocycles. The molecule has 1 aromatic rings. The highest BCUT2D eigenvalue weighted by molar-refractivity contribution is 6.30. The van der Waals surface area contributed by atoms with E-state index in [9.17, 15) is 5.11 Å². The van der Waals surface area contributed by atoms with Crippen LogP contribution in [0, 0.1) is 6.92 Å². The van der Waals surface area contributed by atoms with Crippen molar-refractivity contribution in [2.24, 2.45) is 0 Å². The first-order valence-corrected chi connectivity index (χ1v) is 5.74. The van der Waals surface area contributed by atoms with Crippen LogP contribution in [0.1, 0.15) is 24.5 Å². The highest BCUT2D eigenvalue weighted by atomic mass is 35.5. The number of halogens is 1. The summed E-state index contributed by atoms with van der Waals surface area (Å²) in [7, 11) is 0. The standard InChI is InChI=1S/C13H18ClNO/c1-4-5-10(3)15-8-11-7-12(14)6-9(2)13(11)16/h4,6-7,10,15-16H,1,5,8H2,2-3H3. The van der Waals surface area contributed by atoms with Crippen LogP contribution in [-0.2, 0) is 6.54 Å². The topological polar surface area (TPSA) is 32.3 Å². The van der Waals surface area contributed by atoms with Gasteiger partial charge in [0.25, 0.3) is 0 Å². The highest BCUT2D eigenvalue weighted by Gasteiger charge is 2.07. The van der Waals surface area contributed by atoms with Crippen molar-refractivity contribution in [3.05, 3.63) is 40.9 Å². The number of aromatic hydroxyl groups is 1. The fraction of sp³-hybridized carbons (Fsp3) is 0.385. The van der Waals surface area contributed by atoms with Gasteiger partial charge in [-0.25, -0.2) is 0 Å². The van der Waals surface area contributed by atoms with E-state index in [1.165, 1.54) is 0 Å². The molecule has 0 heterocycles. The van der Waals surface area contributed by atoms with E-state index >= 15 is 0 Å². The second-order valence-corrected chi connectivity index (χ2v) is 4.47. The molecule has 1 aromatic carbocycles.